The number of ether oxygens (including phenoxy) is 2. The van der Waals surface area contributed by atoms with Gasteiger partial charge in [-0.1, -0.05) is 37.3 Å². The van der Waals surface area contributed by atoms with Crippen LogP contribution in [0.1, 0.15) is 48.7 Å². The van der Waals surface area contributed by atoms with Crippen LogP contribution in [0.2, 0.25) is 0 Å². The van der Waals surface area contributed by atoms with E-state index in [0.717, 1.165) is 0 Å². The lowest BCUT2D eigenvalue weighted by Gasteiger charge is -2.17. The SMILES string of the molecule is CCC(=O)OCc1c(OC(C)C)ccc(C(=O)c2ccccc2)c1O. The second kappa shape index (κ2) is 8.33. The molecule has 2 aromatic carbocycles. The molecule has 1 N–H and O–H groups in total. The van der Waals surface area contributed by atoms with Crippen molar-refractivity contribution in [1.82, 2.24) is 0 Å². The van der Waals surface area contributed by atoms with Gasteiger partial charge in [-0.25, -0.2) is 0 Å². The number of hydrogen-bond donors (Lipinski definition) is 1. The molecule has 25 heavy (non-hydrogen) atoms. The van der Waals surface area contributed by atoms with Crippen LogP contribution in [0.15, 0.2) is 42.5 Å². The Morgan fingerprint density at radius 2 is 1.76 bits per heavy atom. The average molecular weight is 342 g/mol. The summed E-state index contributed by atoms with van der Waals surface area (Å²) in [5.41, 5.74) is 0.897. The number of benzene rings is 2. The first-order chi connectivity index (χ1) is 11.9. The van der Waals surface area contributed by atoms with Gasteiger partial charge in [0.05, 0.1) is 17.2 Å². The first-order valence-electron chi connectivity index (χ1n) is 8.20. The van der Waals surface area contributed by atoms with Crippen LogP contribution in [0.4, 0.5) is 0 Å². The number of carbonyl (C=O) groups excluding carboxylic acids is 2. The van der Waals surface area contributed by atoms with Crippen molar-refractivity contribution >= 4 is 11.8 Å². The van der Waals surface area contributed by atoms with E-state index >= 15 is 0 Å². The summed E-state index contributed by atoms with van der Waals surface area (Å²) in [6.07, 6.45) is 0.0970. The number of phenolic OH excluding ortho intramolecular Hbond substituents is 1. The number of ketones is 1. The first-order valence-corrected chi connectivity index (χ1v) is 8.20. The molecule has 2 rings (SSSR count). The molecule has 0 aromatic heterocycles. The Morgan fingerprint density at radius 1 is 1.08 bits per heavy atom. The largest absolute Gasteiger partial charge is 0.507 e. The maximum Gasteiger partial charge on any atom is 0.305 e. The Labute approximate surface area is 147 Å². The third kappa shape index (κ3) is 4.59. The van der Waals surface area contributed by atoms with Gasteiger partial charge in [0.25, 0.3) is 0 Å². The van der Waals surface area contributed by atoms with E-state index < -0.39 is 5.97 Å². The highest BCUT2D eigenvalue weighted by atomic mass is 16.5. The Balaban J connectivity index is 2.42. The lowest BCUT2D eigenvalue weighted by atomic mass is 9.99. The summed E-state index contributed by atoms with van der Waals surface area (Å²) in [4.78, 5) is 24.1. The van der Waals surface area contributed by atoms with Crippen LogP contribution in [-0.4, -0.2) is 23.0 Å². The number of esters is 1. The number of carbonyl (C=O) groups is 2. The van der Waals surface area contributed by atoms with Crippen molar-refractivity contribution in [3.05, 3.63) is 59.2 Å². The van der Waals surface area contributed by atoms with Crippen LogP contribution in [0.5, 0.6) is 11.5 Å². The van der Waals surface area contributed by atoms with Gasteiger partial charge >= 0.3 is 5.97 Å². The molecule has 0 bridgehead atoms. The minimum atomic E-state index is -0.394. The molecule has 5 heteroatoms. The summed E-state index contributed by atoms with van der Waals surface area (Å²) in [5.74, 6) is -0.538. The number of aromatic hydroxyl groups is 1. The molecule has 0 radical (unpaired) electrons. The molecule has 2 aromatic rings. The van der Waals surface area contributed by atoms with Gasteiger partial charge in [-0.15, -0.1) is 0 Å². The second-order valence-electron chi connectivity index (χ2n) is 5.81. The maximum atomic E-state index is 12.6. The van der Waals surface area contributed by atoms with E-state index in [1.54, 1.807) is 37.3 Å². The van der Waals surface area contributed by atoms with E-state index in [2.05, 4.69) is 0 Å². The zero-order valence-corrected chi connectivity index (χ0v) is 14.6. The average Bonchev–Trinajstić information content (AvgIpc) is 2.61. The molecule has 0 saturated heterocycles. The van der Waals surface area contributed by atoms with Crippen molar-refractivity contribution in [3.8, 4) is 11.5 Å². The molecular weight excluding hydrogens is 320 g/mol. The molecule has 0 atom stereocenters. The molecule has 0 aliphatic heterocycles. The van der Waals surface area contributed by atoms with Gasteiger partial charge in [0, 0.05) is 12.0 Å². The van der Waals surface area contributed by atoms with Crippen LogP contribution >= 0.6 is 0 Å². The highest BCUT2D eigenvalue weighted by Crippen LogP contribution is 2.34. The summed E-state index contributed by atoms with van der Waals surface area (Å²) in [6.45, 7) is 5.23. The summed E-state index contributed by atoms with van der Waals surface area (Å²) in [6, 6.07) is 11.8. The lowest BCUT2D eigenvalue weighted by Crippen LogP contribution is -2.11. The predicted octanol–water partition coefficient (Wildman–Crippen LogP) is 3.86. The first kappa shape index (κ1) is 18.5. The van der Waals surface area contributed by atoms with E-state index in [4.69, 9.17) is 9.47 Å². The maximum absolute atomic E-state index is 12.6. The summed E-state index contributed by atoms with van der Waals surface area (Å²) in [7, 11) is 0. The summed E-state index contributed by atoms with van der Waals surface area (Å²) in [5, 5.41) is 10.6. The molecule has 0 saturated carbocycles. The molecule has 0 fully saturated rings. The Morgan fingerprint density at radius 3 is 2.36 bits per heavy atom. The monoisotopic (exact) mass is 342 g/mol. The number of hydrogen-bond acceptors (Lipinski definition) is 5. The molecule has 0 aliphatic rings. The van der Waals surface area contributed by atoms with Crippen LogP contribution in [0.3, 0.4) is 0 Å². The van der Waals surface area contributed by atoms with Crippen molar-refractivity contribution in [2.45, 2.75) is 39.9 Å². The van der Waals surface area contributed by atoms with Crippen molar-refractivity contribution < 1.29 is 24.2 Å². The van der Waals surface area contributed by atoms with Crippen molar-refractivity contribution in [2.24, 2.45) is 0 Å². The molecule has 0 spiro atoms. The van der Waals surface area contributed by atoms with Gasteiger partial charge in [0.15, 0.2) is 5.78 Å². The third-order valence-electron chi connectivity index (χ3n) is 3.55. The smallest absolute Gasteiger partial charge is 0.305 e. The zero-order valence-electron chi connectivity index (χ0n) is 14.6. The highest BCUT2D eigenvalue weighted by molar-refractivity contribution is 6.11. The van der Waals surface area contributed by atoms with Gasteiger partial charge in [-0.3, -0.25) is 9.59 Å². The molecule has 132 valence electrons. The number of rotatable bonds is 7. The summed E-state index contributed by atoms with van der Waals surface area (Å²) >= 11 is 0. The third-order valence-corrected chi connectivity index (χ3v) is 3.55. The zero-order chi connectivity index (χ0) is 18.4. The van der Waals surface area contributed by atoms with Crippen molar-refractivity contribution in [1.29, 1.82) is 0 Å². The molecular formula is C20H22O5. The fourth-order valence-electron chi connectivity index (χ4n) is 2.30. The molecule has 0 unspecified atom stereocenters. The Bertz CT molecular complexity index is 750. The molecule has 0 aliphatic carbocycles. The van der Waals surface area contributed by atoms with Crippen LogP contribution in [0.25, 0.3) is 0 Å². The van der Waals surface area contributed by atoms with Gasteiger partial charge in [0.2, 0.25) is 0 Å². The van der Waals surface area contributed by atoms with Crippen molar-refractivity contribution in [3.63, 3.8) is 0 Å². The highest BCUT2D eigenvalue weighted by Gasteiger charge is 2.21. The normalized spacial score (nSPS) is 10.6. The van der Waals surface area contributed by atoms with Gasteiger partial charge < -0.3 is 14.6 Å². The van der Waals surface area contributed by atoms with Crippen molar-refractivity contribution in [2.75, 3.05) is 0 Å². The van der Waals surface area contributed by atoms with E-state index in [0.29, 0.717) is 11.3 Å². The van der Waals surface area contributed by atoms with Gasteiger partial charge in [-0.2, -0.15) is 0 Å². The quantitative estimate of drug-likeness (QED) is 0.611. The molecule has 5 nitrogen and oxygen atoms in total. The fourth-order valence-corrected chi connectivity index (χ4v) is 2.30. The predicted molar refractivity (Wildman–Crippen MR) is 93.8 cm³/mol. The Kier molecular flexibility index (Phi) is 6.17. The van der Waals surface area contributed by atoms with E-state index in [1.165, 1.54) is 6.07 Å². The van der Waals surface area contributed by atoms with E-state index in [-0.39, 0.29) is 41.8 Å². The molecule has 0 heterocycles. The van der Waals surface area contributed by atoms with Crippen LogP contribution in [-0.2, 0) is 16.1 Å². The lowest BCUT2D eigenvalue weighted by molar-refractivity contribution is -0.144. The van der Waals surface area contributed by atoms with E-state index in [9.17, 15) is 14.7 Å². The topological polar surface area (TPSA) is 72.8 Å². The minimum Gasteiger partial charge on any atom is -0.507 e. The minimum absolute atomic E-state index is 0.129. The fraction of sp³-hybridized carbons (Fsp3) is 0.300. The second-order valence-corrected chi connectivity index (χ2v) is 5.81. The van der Waals surface area contributed by atoms with Crippen LogP contribution in [0, 0.1) is 0 Å². The van der Waals surface area contributed by atoms with Crippen LogP contribution < -0.4 is 4.74 Å². The molecule has 0 amide bonds. The van der Waals surface area contributed by atoms with Gasteiger partial charge in [-0.05, 0) is 26.0 Å². The number of phenols is 1. The Hall–Kier alpha value is -2.82. The summed E-state index contributed by atoms with van der Waals surface area (Å²) < 4.78 is 10.8. The standard InChI is InChI=1S/C20H22O5/c1-4-18(21)24-12-16-17(25-13(2)3)11-10-15(20(16)23)19(22)14-8-6-5-7-9-14/h5-11,13,23H,4,12H2,1-3H3. The van der Waals surface area contributed by atoms with E-state index in [1.807, 2.05) is 19.9 Å². The van der Waals surface area contributed by atoms with Gasteiger partial charge in [0.1, 0.15) is 18.1 Å².